The molecule has 2 rings (SSSR count). The summed E-state index contributed by atoms with van der Waals surface area (Å²) in [7, 11) is 0. The lowest BCUT2D eigenvalue weighted by Gasteiger charge is -2.14. The molecule has 2 aromatic rings. The SMILES string of the molecule is CCCNc1nc(C(C)C)nc(Sc2nnc(C)s2)c1C. The molecule has 114 valence electrons. The van der Waals surface area contributed by atoms with Gasteiger partial charge in [0.2, 0.25) is 0 Å². The number of hydrogen-bond acceptors (Lipinski definition) is 7. The number of rotatable bonds is 6. The third kappa shape index (κ3) is 4.14. The first-order chi connectivity index (χ1) is 10.0. The predicted octanol–water partition coefficient (Wildman–Crippen LogP) is 4.04. The number of nitrogens with zero attached hydrogens (tertiary/aromatic N) is 4. The van der Waals surface area contributed by atoms with Crippen LogP contribution < -0.4 is 5.32 Å². The summed E-state index contributed by atoms with van der Waals surface area (Å²) in [5, 5.41) is 13.6. The highest BCUT2D eigenvalue weighted by Gasteiger charge is 2.15. The van der Waals surface area contributed by atoms with E-state index in [1.807, 2.05) is 6.92 Å². The molecule has 0 aromatic carbocycles. The zero-order valence-corrected chi connectivity index (χ0v) is 14.7. The van der Waals surface area contributed by atoms with Crippen LogP contribution in [0.3, 0.4) is 0 Å². The van der Waals surface area contributed by atoms with Crippen molar-refractivity contribution in [3.05, 3.63) is 16.4 Å². The second kappa shape index (κ2) is 7.17. The summed E-state index contributed by atoms with van der Waals surface area (Å²) in [4.78, 5) is 9.34. The summed E-state index contributed by atoms with van der Waals surface area (Å²) < 4.78 is 0.922. The summed E-state index contributed by atoms with van der Waals surface area (Å²) in [6.45, 7) is 11.3. The van der Waals surface area contributed by atoms with Gasteiger partial charge in [-0.3, -0.25) is 0 Å². The van der Waals surface area contributed by atoms with Gasteiger partial charge in [-0.05, 0) is 32.0 Å². The Morgan fingerprint density at radius 1 is 1.19 bits per heavy atom. The van der Waals surface area contributed by atoms with E-state index in [1.54, 1.807) is 23.1 Å². The summed E-state index contributed by atoms with van der Waals surface area (Å²) in [6, 6.07) is 0. The Bertz CT molecular complexity index is 609. The maximum Gasteiger partial charge on any atom is 0.180 e. The second-order valence-corrected chi connectivity index (χ2v) is 7.55. The van der Waals surface area contributed by atoms with Gasteiger partial charge in [0.1, 0.15) is 21.7 Å². The summed E-state index contributed by atoms with van der Waals surface area (Å²) >= 11 is 3.16. The van der Waals surface area contributed by atoms with Crippen molar-refractivity contribution in [2.24, 2.45) is 0 Å². The number of aromatic nitrogens is 4. The first kappa shape index (κ1) is 16.2. The van der Waals surface area contributed by atoms with Crippen molar-refractivity contribution in [3.8, 4) is 0 Å². The highest BCUT2D eigenvalue weighted by atomic mass is 32.2. The molecular formula is C14H21N5S2. The van der Waals surface area contributed by atoms with E-state index in [9.17, 15) is 0 Å². The molecule has 0 bridgehead atoms. The van der Waals surface area contributed by atoms with Gasteiger partial charge in [-0.25, -0.2) is 9.97 Å². The van der Waals surface area contributed by atoms with Gasteiger partial charge in [-0.1, -0.05) is 32.1 Å². The van der Waals surface area contributed by atoms with E-state index < -0.39 is 0 Å². The number of hydrogen-bond donors (Lipinski definition) is 1. The first-order valence-corrected chi connectivity index (χ1v) is 8.75. The number of anilines is 1. The van der Waals surface area contributed by atoms with Crippen LogP contribution in [0.2, 0.25) is 0 Å². The van der Waals surface area contributed by atoms with Crippen molar-refractivity contribution in [1.29, 1.82) is 0 Å². The largest absolute Gasteiger partial charge is 0.370 e. The van der Waals surface area contributed by atoms with Crippen LogP contribution in [0.5, 0.6) is 0 Å². The Morgan fingerprint density at radius 2 is 1.95 bits per heavy atom. The maximum atomic E-state index is 4.70. The molecule has 0 aliphatic heterocycles. The molecular weight excluding hydrogens is 302 g/mol. The van der Waals surface area contributed by atoms with Gasteiger partial charge < -0.3 is 5.32 Å². The second-order valence-electron chi connectivity index (χ2n) is 5.13. The average Bonchev–Trinajstić information content (AvgIpc) is 2.84. The highest BCUT2D eigenvalue weighted by molar-refractivity contribution is 8.01. The van der Waals surface area contributed by atoms with Gasteiger partial charge in [0.05, 0.1) is 0 Å². The molecule has 0 radical (unpaired) electrons. The molecule has 5 nitrogen and oxygen atoms in total. The first-order valence-electron chi connectivity index (χ1n) is 7.11. The molecule has 2 heterocycles. The zero-order chi connectivity index (χ0) is 15.4. The van der Waals surface area contributed by atoms with Crippen LogP contribution in [-0.2, 0) is 0 Å². The maximum absolute atomic E-state index is 4.70. The smallest absolute Gasteiger partial charge is 0.180 e. The standard InChI is InChI=1S/C14H21N5S2/c1-6-7-15-12-9(4)13(17-11(16-12)8(2)3)21-14-19-18-10(5)20-14/h8H,6-7H2,1-5H3,(H,15,16,17). The van der Waals surface area contributed by atoms with Crippen LogP contribution in [0.4, 0.5) is 5.82 Å². The summed E-state index contributed by atoms with van der Waals surface area (Å²) in [5.41, 5.74) is 1.07. The number of aryl methyl sites for hydroxylation is 1. The normalized spacial score (nSPS) is 11.1. The Morgan fingerprint density at radius 3 is 2.52 bits per heavy atom. The van der Waals surface area contributed by atoms with Crippen molar-refractivity contribution >= 4 is 28.9 Å². The molecule has 0 spiro atoms. The van der Waals surface area contributed by atoms with Gasteiger partial charge in [-0.2, -0.15) is 0 Å². The molecule has 0 saturated heterocycles. The summed E-state index contributed by atoms with van der Waals surface area (Å²) in [5.74, 6) is 2.09. The van der Waals surface area contributed by atoms with Crippen molar-refractivity contribution < 1.29 is 0 Å². The van der Waals surface area contributed by atoms with Crippen molar-refractivity contribution in [1.82, 2.24) is 20.2 Å². The molecule has 0 amide bonds. The van der Waals surface area contributed by atoms with Gasteiger partial charge in [-0.15, -0.1) is 10.2 Å². The lowest BCUT2D eigenvalue weighted by Crippen LogP contribution is -2.09. The lowest BCUT2D eigenvalue weighted by molar-refractivity contribution is 0.747. The Hall–Kier alpha value is -1.21. The molecule has 0 aliphatic carbocycles. The topological polar surface area (TPSA) is 63.6 Å². The molecule has 0 fully saturated rings. The zero-order valence-electron chi connectivity index (χ0n) is 13.1. The van der Waals surface area contributed by atoms with Gasteiger partial charge in [0.25, 0.3) is 0 Å². The van der Waals surface area contributed by atoms with Gasteiger partial charge in [0, 0.05) is 18.0 Å². The molecule has 0 saturated carbocycles. The van der Waals surface area contributed by atoms with Crippen LogP contribution in [0.15, 0.2) is 9.37 Å². The van der Waals surface area contributed by atoms with E-state index in [-0.39, 0.29) is 0 Å². The molecule has 0 aliphatic rings. The van der Waals surface area contributed by atoms with Crippen LogP contribution in [0, 0.1) is 13.8 Å². The monoisotopic (exact) mass is 323 g/mol. The predicted molar refractivity (Wildman–Crippen MR) is 88.4 cm³/mol. The Balaban J connectivity index is 2.35. The fourth-order valence-electron chi connectivity index (χ4n) is 1.69. The molecule has 2 aromatic heterocycles. The van der Waals surface area contributed by atoms with E-state index in [1.165, 1.54) is 0 Å². The van der Waals surface area contributed by atoms with Crippen molar-refractivity contribution in [3.63, 3.8) is 0 Å². The molecule has 7 heteroatoms. The third-order valence-corrected chi connectivity index (χ3v) is 4.85. The van der Waals surface area contributed by atoms with E-state index in [4.69, 9.17) is 4.98 Å². The quantitative estimate of drug-likeness (QED) is 0.809. The number of nitrogens with one attached hydrogen (secondary N) is 1. The van der Waals surface area contributed by atoms with Crippen molar-refractivity contribution in [2.45, 2.75) is 56.3 Å². The van der Waals surface area contributed by atoms with E-state index >= 15 is 0 Å². The Labute approximate surface area is 134 Å². The molecule has 1 N–H and O–H groups in total. The molecule has 0 atom stereocenters. The average molecular weight is 323 g/mol. The van der Waals surface area contributed by atoms with E-state index in [2.05, 4.69) is 48.2 Å². The summed E-state index contributed by atoms with van der Waals surface area (Å²) in [6.07, 6.45) is 1.07. The molecule has 21 heavy (non-hydrogen) atoms. The van der Waals surface area contributed by atoms with Gasteiger partial charge in [0.15, 0.2) is 4.34 Å². The van der Waals surface area contributed by atoms with Crippen LogP contribution in [0.25, 0.3) is 0 Å². The third-order valence-electron chi connectivity index (χ3n) is 2.87. The van der Waals surface area contributed by atoms with Crippen LogP contribution in [0.1, 0.15) is 49.5 Å². The van der Waals surface area contributed by atoms with Crippen LogP contribution >= 0.6 is 23.1 Å². The molecule has 0 unspecified atom stereocenters. The van der Waals surface area contributed by atoms with Gasteiger partial charge >= 0.3 is 0 Å². The van der Waals surface area contributed by atoms with Crippen LogP contribution in [-0.4, -0.2) is 26.7 Å². The van der Waals surface area contributed by atoms with Crippen molar-refractivity contribution in [2.75, 3.05) is 11.9 Å². The minimum absolute atomic E-state index is 0.295. The van der Waals surface area contributed by atoms with E-state index in [0.29, 0.717) is 5.92 Å². The van der Waals surface area contributed by atoms with E-state index in [0.717, 1.165) is 44.5 Å². The fraction of sp³-hybridized carbons (Fsp3) is 0.571. The fourth-order valence-corrected chi connectivity index (χ4v) is 3.51. The minimum atomic E-state index is 0.295. The lowest BCUT2D eigenvalue weighted by atomic mass is 10.2. The highest BCUT2D eigenvalue weighted by Crippen LogP contribution is 2.33. The minimum Gasteiger partial charge on any atom is -0.370 e. The Kier molecular flexibility index (Phi) is 5.52.